The molecule has 5 unspecified atom stereocenters. The van der Waals surface area contributed by atoms with Crippen LogP contribution in [0.15, 0.2) is 30.3 Å². The zero-order chi connectivity index (χ0) is 26.7. The molecule has 1 aromatic rings. The minimum Gasteiger partial charge on any atom is -0.480 e. The summed E-state index contributed by atoms with van der Waals surface area (Å²) in [6.45, 7) is 6.94. The number of nitrogens with two attached hydrogens (primary N) is 2. The number of carbonyl (C=O) groups excluding carboxylic acids is 4. The van der Waals surface area contributed by atoms with Gasteiger partial charge in [-0.2, -0.15) is 0 Å². The Kier molecular flexibility index (Phi) is 11.9. The number of carbonyl (C=O) groups is 5. The largest absolute Gasteiger partial charge is 0.480 e. The van der Waals surface area contributed by atoms with Gasteiger partial charge < -0.3 is 32.5 Å². The number of benzene rings is 1. The molecule has 11 nitrogen and oxygen atoms in total. The Morgan fingerprint density at radius 3 is 1.94 bits per heavy atom. The fraction of sp³-hybridized carbons (Fsp3) is 0.542. The first-order chi connectivity index (χ1) is 16.4. The van der Waals surface area contributed by atoms with Gasteiger partial charge in [0.15, 0.2) is 0 Å². The Balaban J connectivity index is 3.09. The van der Waals surface area contributed by atoms with Crippen molar-refractivity contribution in [1.82, 2.24) is 16.0 Å². The summed E-state index contributed by atoms with van der Waals surface area (Å²) in [5.41, 5.74) is 11.6. The molecule has 5 atom stereocenters. The quantitative estimate of drug-likeness (QED) is 0.205. The molecule has 0 bridgehead atoms. The van der Waals surface area contributed by atoms with Gasteiger partial charge in [0.25, 0.3) is 0 Å². The van der Waals surface area contributed by atoms with Crippen molar-refractivity contribution in [3.8, 4) is 0 Å². The standard InChI is InChI=1S/C24H37N5O6/c1-5-14(4)20(24(34)35)29-23(33)19(13(2)3)28-22(32)17(11-15-9-7-6-8-10-15)27-21(31)16(25)12-18(26)30/h6-10,13-14,16-17,19-20H,5,11-12,25H2,1-4H3,(H2,26,30)(H,27,31)(H,28,32)(H,29,33)(H,34,35). The molecular weight excluding hydrogens is 454 g/mol. The van der Waals surface area contributed by atoms with Crippen LogP contribution in [0.5, 0.6) is 0 Å². The molecule has 0 heterocycles. The highest BCUT2D eigenvalue weighted by atomic mass is 16.4. The molecule has 0 aliphatic rings. The zero-order valence-corrected chi connectivity index (χ0v) is 20.6. The van der Waals surface area contributed by atoms with Crippen molar-refractivity contribution in [1.29, 1.82) is 0 Å². The van der Waals surface area contributed by atoms with E-state index in [4.69, 9.17) is 11.5 Å². The van der Waals surface area contributed by atoms with Crippen LogP contribution >= 0.6 is 0 Å². The topological polar surface area (TPSA) is 194 Å². The number of carboxylic acids is 1. The first-order valence-corrected chi connectivity index (χ1v) is 11.6. The van der Waals surface area contributed by atoms with Gasteiger partial charge in [-0.25, -0.2) is 4.79 Å². The third kappa shape index (κ3) is 9.73. The summed E-state index contributed by atoms with van der Waals surface area (Å²) < 4.78 is 0. The lowest BCUT2D eigenvalue weighted by Gasteiger charge is -2.28. The molecule has 11 heteroatoms. The van der Waals surface area contributed by atoms with E-state index in [1.54, 1.807) is 51.1 Å². The molecule has 8 N–H and O–H groups in total. The highest BCUT2D eigenvalue weighted by Crippen LogP contribution is 2.11. The third-order valence-electron chi connectivity index (χ3n) is 5.70. The lowest BCUT2D eigenvalue weighted by Crippen LogP contribution is -2.59. The predicted molar refractivity (Wildman–Crippen MR) is 130 cm³/mol. The van der Waals surface area contributed by atoms with Crippen LogP contribution in [-0.4, -0.2) is 58.9 Å². The number of hydrogen-bond donors (Lipinski definition) is 6. The van der Waals surface area contributed by atoms with Crippen LogP contribution in [0.4, 0.5) is 0 Å². The van der Waals surface area contributed by atoms with Gasteiger partial charge in [0.05, 0.1) is 12.5 Å². The van der Waals surface area contributed by atoms with Crippen LogP contribution in [0.25, 0.3) is 0 Å². The van der Waals surface area contributed by atoms with E-state index in [0.29, 0.717) is 6.42 Å². The SMILES string of the molecule is CCC(C)C(NC(=O)C(NC(=O)C(Cc1ccccc1)NC(=O)C(N)CC(N)=O)C(C)C)C(=O)O. The van der Waals surface area contributed by atoms with E-state index in [1.807, 2.05) is 6.92 Å². The molecule has 1 aromatic carbocycles. The Labute approximate surface area is 205 Å². The lowest BCUT2D eigenvalue weighted by atomic mass is 9.97. The number of rotatable bonds is 14. The second-order valence-electron chi connectivity index (χ2n) is 8.97. The van der Waals surface area contributed by atoms with Gasteiger partial charge in [-0.3, -0.25) is 19.2 Å². The Hall–Kier alpha value is -3.47. The smallest absolute Gasteiger partial charge is 0.326 e. The van der Waals surface area contributed by atoms with E-state index < -0.39 is 60.2 Å². The summed E-state index contributed by atoms with van der Waals surface area (Å²) in [5, 5.41) is 17.2. The molecule has 0 spiro atoms. The van der Waals surface area contributed by atoms with Gasteiger partial charge in [0.1, 0.15) is 18.1 Å². The number of amides is 4. The van der Waals surface area contributed by atoms with E-state index in [9.17, 15) is 29.1 Å². The highest BCUT2D eigenvalue weighted by molar-refractivity contribution is 5.95. The zero-order valence-electron chi connectivity index (χ0n) is 20.6. The number of primary amides is 1. The Morgan fingerprint density at radius 1 is 0.886 bits per heavy atom. The van der Waals surface area contributed by atoms with Crippen molar-refractivity contribution in [3.05, 3.63) is 35.9 Å². The van der Waals surface area contributed by atoms with Gasteiger partial charge in [-0.05, 0) is 17.4 Å². The first-order valence-electron chi connectivity index (χ1n) is 11.6. The van der Waals surface area contributed by atoms with Crippen LogP contribution in [0.2, 0.25) is 0 Å². The first kappa shape index (κ1) is 29.6. The molecule has 35 heavy (non-hydrogen) atoms. The van der Waals surface area contributed by atoms with E-state index in [-0.39, 0.29) is 18.3 Å². The van der Waals surface area contributed by atoms with Crippen molar-refractivity contribution in [2.24, 2.45) is 23.3 Å². The Morgan fingerprint density at radius 2 is 1.46 bits per heavy atom. The summed E-state index contributed by atoms with van der Waals surface area (Å²) in [5.74, 6) is -4.67. The number of nitrogens with one attached hydrogen (secondary N) is 3. The van der Waals surface area contributed by atoms with Crippen LogP contribution in [0.3, 0.4) is 0 Å². The third-order valence-corrected chi connectivity index (χ3v) is 5.70. The average Bonchev–Trinajstić information content (AvgIpc) is 2.79. The number of aliphatic carboxylic acids is 1. The summed E-state index contributed by atoms with van der Waals surface area (Å²) in [4.78, 5) is 61.4. The molecule has 0 aromatic heterocycles. The maximum absolute atomic E-state index is 13.2. The number of carboxylic acid groups (broad SMARTS) is 1. The fourth-order valence-corrected chi connectivity index (χ4v) is 3.36. The molecule has 0 saturated heterocycles. The maximum atomic E-state index is 13.2. The average molecular weight is 492 g/mol. The molecule has 0 fully saturated rings. The molecule has 1 rings (SSSR count). The van der Waals surface area contributed by atoms with Crippen molar-refractivity contribution < 1.29 is 29.1 Å². The monoisotopic (exact) mass is 491 g/mol. The molecule has 0 aliphatic carbocycles. The summed E-state index contributed by atoms with van der Waals surface area (Å²) in [7, 11) is 0. The maximum Gasteiger partial charge on any atom is 0.326 e. The second kappa shape index (κ2) is 14.1. The highest BCUT2D eigenvalue weighted by Gasteiger charge is 2.33. The second-order valence-corrected chi connectivity index (χ2v) is 8.97. The van der Waals surface area contributed by atoms with Gasteiger partial charge in [0.2, 0.25) is 23.6 Å². The molecule has 0 radical (unpaired) electrons. The van der Waals surface area contributed by atoms with Gasteiger partial charge in [-0.1, -0.05) is 64.4 Å². The van der Waals surface area contributed by atoms with Crippen LogP contribution < -0.4 is 27.4 Å². The van der Waals surface area contributed by atoms with Gasteiger partial charge in [0, 0.05) is 6.42 Å². The fourth-order valence-electron chi connectivity index (χ4n) is 3.36. The van der Waals surface area contributed by atoms with Crippen molar-refractivity contribution in [2.45, 2.75) is 71.1 Å². The van der Waals surface area contributed by atoms with Gasteiger partial charge >= 0.3 is 5.97 Å². The van der Waals surface area contributed by atoms with Crippen molar-refractivity contribution in [3.63, 3.8) is 0 Å². The van der Waals surface area contributed by atoms with E-state index in [0.717, 1.165) is 5.56 Å². The minimum absolute atomic E-state index is 0.0960. The van der Waals surface area contributed by atoms with Gasteiger partial charge in [-0.15, -0.1) is 0 Å². The molecule has 0 aliphatic heterocycles. The summed E-state index contributed by atoms with van der Waals surface area (Å²) >= 11 is 0. The summed E-state index contributed by atoms with van der Waals surface area (Å²) in [6.07, 6.45) is 0.236. The molecule has 194 valence electrons. The Bertz CT molecular complexity index is 892. The lowest BCUT2D eigenvalue weighted by molar-refractivity contribution is -0.144. The van der Waals surface area contributed by atoms with Crippen molar-refractivity contribution in [2.75, 3.05) is 0 Å². The van der Waals surface area contributed by atoms with Crippen LogP contribution in [0.1, 0.15) is 46.1 Å². The molecule has 4 amide bonds. The minimum atomic E-state index is -1.24. The molecular formula is C24H37N5O6. The molecule has 0 saturated carbocycles. The number of hydrogen-bond acceptors (Lipinski definition) is 6. The predicted octanol–water partition coefficient (Wildman–Crippen LogP) is -0.327. The normalized spacial score (nSPS) is 15.3. The van der Waals surface area contributed by atoms with Crippen molar-refractivity contribution >= 4 is 29.6 Å². The van der Waals surface area contributed by atoms with E-state index in [2.05, 4.69) is 16.0 Å². The van der Waals surface area contributed by atoms with Crippen LogP contribution in [0, 0.1) is 11.8 Å². The summed E-state index contributed by atoms with van der Waals surface area (Å²) in [6, 6.07) is 4.37. The van der Waals surface area contributed by atoms with E-state index >= 15 is 0 Å². The van der Waals surface area contributed by atoms with E-state index in [1.165, 1.54) is 0 Å². The van der Waals surface area contributed by atoms with Crippen LogP contribution in [-0.2, 0) is 30.4 Å².